The number of aromatic nitrogens is 2. The number of rotatable bonds is 6. The van der Waals surface area contributed by atoms with Crippen molar-refractivity contribution < 1.29 is 4.79 Å². The highest BCUT2D eigenvalue weighted by molar-refractivity contribution is 5.79. The molecule has 2 saturated heterocycles. The first-order valence-electron chi connectivity index (χ1n) is 11.6. The van der Waals surface area contributed by atoms with E-state index in [0.717, 1.165) is 70.7 Å². The molecule has 0 saturated carbocycles. The Morgan fingerprint density at radius 1 is 0.900 bits per heavy atom. The number of amides is 1. The molecule has 0 bridgehead atoms. The van der Waals surface area contributed by atoms with Gasteiger partial charge < -0.3 is 4.90 Å². The fraction of sp³-hybridized carbons (Fsp3) is 0.560. The fourth-order valence-electron chi connectivity index (χ4n) is 4.95. The maximum absolute atomic E-state index is 13.4. The lowest BCUT2D eigenvalue weighted by molar-refractivity contribution is -0.138. The minimum Gasteiger partial charge on any atom is -0.338 e. The van der Waals surface area contributed by atoms with E-state index < -0.39 is 0 Å². The lowest BCUT2D eigenvalue weighted by Gasteiger charge is -2.36. The van der Waals surface area contributed by atoms with Crippen LogP contribution in [0.5, 0.6) is 0 Å². The smallest absolute Gasteiger partial charge is 0.226 e. The molecule has 1 aromatic carbocycles. The van der Waals surface area contributed by atoms with Crippen LogP contribution in [-0.4, -0.2) is 45.3 Å². The molecule has 0 unspecified atom stereocenters. The molecule has 0 radical (unpaired) electrons. The molecule has 160 valence electrons. The van der Waals surface area contributed by atoms with Crippen LogP contribution in [0.15, 0.2) is 42.7 Å². The van der Waals surface area contributed by atoms with Gasteiger partial charge in [0.1, 0.15) is 5.82 Å². The first-order chi connectivity index (χ1) is 14.7. The van der Waals surface area contributed by atoms with Gasteiger partial charge >= 0.3 is 0 Å². The SMILES string of the molecule is CCc1ncc(CN2CCC([C@@H]3CCCCN(Cc4ccccc4)C3=O)CC2)cn1. The summed E-state index contributed by atoms with van der Waals surface area (Å²) in [4.78, 5) is 26.8. The van der Waals surface area contributed by atoms with Crippen molar-refractivity contribution in [1.29, 1.82) is 0 Å². The topological polar surface area (TPSA) is 49.3 Å². The summed E-state index contributed by atoms with van der Waals surface area (Å²) in [5, 5.41) is 0. The Balaban J connectivity index is 1.32. The van der Waals surface area contributed by atoms with Crippen molar-refractivity contribution in [2.24, 2.45) is 11.8 Å². The normalized spacial score (nSPS) is 21.6. The Morgan fingerprint density at radius 2 is 1.63 bits per heavy atom. The predicted octanol–water partition coefficient (Wildman–Crippen LogP) is 4.08. The number of hydrogen-bond donors (Lipinski definition) is 0. The molecule has 0 aliphatic carbocycles. The number of hydrogen-bond acceptors (Lipinski definition) is 4. The van der Waals surface area contributed by atoms with Crippen molar-refractivity contribution in [3.8, 4) is 0 Å². The number of carbonyl (C=O) groups is 1. The van der Waals surface area contributed by atoms with E-state index in [9.17, 15) is 4.79 Å². The Kier molecular flexibility index (Phi) is 7.11. The molecular formula is C25H34N4O. The lowest BCUT2D eigenvalue weighted by atomic mass is 9.81. The molecule has 1 atom stereocenters. The van der Waals surface area contributed by atoms with E-state index >= 15 is 0 Å². The van der Waals surface area contributed by atoms with Gasteiger partial charge in [0.25, 0.3) is 0 Å². The van der Waals surface area contributed by atoms with Crippen LogP contribution in [0.2, 0.25) is 0 Å². The Morgan fingerprint density at radius 3 is 2.33 bits per heavy atom. The van der Waals surface area contributed by atoms with Gasteiger partial charge in [0.2, 0.25) is 5.91 Å². The van der Waals surface area contributed by atoms with Crippen LogP contribution in [0.4, 0.5) is 0 Å². The molecule has 1 aromatic heterocycles. The summed E-state index contributed by atoms with van der Waals surface area (Å²) in [7, 11) is 0. The molecule has 5 heteroatoms. The van der Waals surface area contributed by atoms with Gasteiger partial charge in [-0.15, -0.1) is 0 Å². The molecule has 2 fully saturated rings. The van der Waals surface area contributed by atoms with Gasteiger partial charge in [-0.2, -0.15) is 0 Å². The van der Waals surface area contributed by atoms with Gasteiger partial charge in [-0.1, -0.05) is 43.7 Å². The largest absolute Gasteiger partial charge is 0.338 e. The second-order valence-electron chi connectivity index (χ2n) is 8.82. The van der Waals surface area contributed by atoms with Gasteiger partial charge in [0, 0.05) is 49.9 Å². The second-order valence-corrected chi connectivity index (χ2v) is 8.82. The third kappa shape index (κ3) is 5.25. The number of aryl methyl sites for hydroxylation is 1. The van der Waals surface area contributed by atoms with Crippen molar-refractivity contribution in [2.45, 2.75) is 58.5 Å². The lowest BCUT2D eigenvalue weighted by Crippen LogP contribution is -2.42. The van der Waals surface area contributed by atoms with Crippen LogP contribution in [0.1, 0.15) is 56.0 Å². The molecule has 5 nitrogen and oxygen atoms in total. The number of piperidine rings is 1. The van der Waals surface area contributed by atoms with Crippen molar-refractivity contribution in [3.05, 3.63) is 59.7 Å². The minimum atomic E-state index is 0.200. The fourth-order valence-corrected chi connectivity index (χ4v) is 4.95. The summed E-state index contributed by atoms with van der Waals surface area (Å²) < 4.78 is 0. The van der Waals surface area contributed by atoms with E-state index in [-0.39, 0.29) is 5.92 Å². The monoisotopic (exact) mass is 406 g/mol. The predicted molar refractivity (Wildman–Crippen MR) is 119 cm³/mol. The zero-order valence-electron chi connectivity index (χ0n) is 18.2. The Hall–Kier alpha value is -2.27. The summed E-state index contributed by atoms with van der Waals surface area (Å²) in [5.41, 5.74) is 2.42. The number of benzene rings is 1. The quantitative estimate of drug-likeness (QED) is 0.725. The van der Waals surface area contributed by atoms with E-state index in [1.165, 1.54) is 17.5 Å². The summed E-state index contributed by atoms with van der Waals surface area (Å²) >= 11 is 0. The van der Waals surface area contributed by atoms with Crippen LogP contribution in [0.25, 0.3) is 0 Å². The van der Waals surface area contributed by atoms with Crippen LogP contribution in [0.3, 0.4) is 0 Å². The van der Waals surface area contributed by atoms with Crippen LogP contribution in [0, 0.1) is 11.8 Å². The Bertz CT molecular complexity index is 800. The first kappa shape index (κ1) is 21.0. The van der Waals surface area contributed by atoms with Crippen molar-refractivity contribution >= 4 is 5.91 Å². The molecule has 3 heterocycles. The standard InChI is InChI=1S/C25H34N4O/c1-2-24-26-16-21(17-27-24)18-28-14-11-22(12-15-28)23-10-6-7-13-29(25(23)30)19-20-8-4-3-5-9-20/h3-5,8-9,16-17,22-23H,2,6-7,10-15,18-19H2,1H3/t23-/m0/s1. The highest BCUT2D eigenvalue weighted by Gasteiger charge is 2.35. The highest BCUT2D eigenvalue weighted by Crippen LogP contribution is 2.33. The first-order valence-corrected chi connectivity index (χ1v) is 11.6. The van der Waals surface area contributed by atoms with Gasteiger partial charge in [0.05, 0.1) is 0 Å². The van der Waals surface area contributed by atoms with E-state index in [0.29, 0.717) is 11.8 Å². The summed E-state index contributed by atoms with van der Waals surface area (Å²) in [6.07, 6.45) is 10.4. The van der Waals surface area contributed by atoms with Crippen LogP contribution < -0.4 is 0 Å². The third-order valence-corrected chi connectivity index (χ3v) is 6.72. The minimum absolute atomic E-state index is 0.200. The van der Waals surface area contributed by atoms with Gasteiger partial charge in [-0.25, -0.2) is 9.97 Å². The molecule has 4 rings (SSSR count). The molecule has 0 spiro atoms. The maximum Gasteiger partial charge on any atom is 0.226 e. The highest BCUT2D eigenvalue weighted by atomic mass is 16.2. The third-order valence-electron chi connectivity index (χ3n) is 6.72. The maximum atomic E-state index is 13.4. The van der Waals surface area contributed by atoms with Crippen molar-refractivity contribution in [2.75, 3.05) is 19.6 Å². The zero-order valence-corrected chi connectivity index (χ0v) is 18.2. The second kappa shape index (κ2) is 10.2. The summed E-state index contributed by atoms with van der Waals surface area (Å²) in [6, 6.07) is 10.4. The average molecular weight is 407 g/mol. The van der Waals surface area contributed by atoms with Gasteiger partial charge in [-0.3, -0.25) is 9.69 Å². The number of carbonyl (C=O) groups excluding carboxylic acids is 1. The molecular weight excluding hydrogens is 372 g/mol. The van der Waals surface area contributed by atoms with Gasteiger partial charge in [0.15, 0.2) is 0 Å². The molecule has 1 amide bonds. The summed E-state index contributed by atoms with van der Waals surface area (Å²) in [5.74, 6) is 2.01. The van der Waals surface area contributed by atoms with Crippen LogP contribution in [-0.2, 0) is 24.3 Å². The van der Waals surface area contributed by atoms with Crippen LogP contribution >= 0.6 is 0 Å². The van der Waals surface area contributed by atoms with Crippen molar-refractivity contribution in [3.63, 3.8) is 0 Å². The average Bonchev–Trinajstić information content (AvgIpc) is 2.97. The molecule has 30 heavy (non-hydrogen) atoms. The number of nitrogens with zero attached hydrogens (tertiary/aromatic N) is 4. The number of likely N-dealkylation sites (tertiary alicyclic amines) is 2. The van der Waals surface area contributed by atoms with E-state index in [1.807, 2.05) is 18.5 Å². The molecule has 2 aliphatic heterocycles. The molecule has 2 aliphatic rings. The van der Waals surface area contributed by atoms with E-state index in [4.69, 9.17) is 0 Å². The summed E-state index contributed by atoms with van der Waals surface area (Å²) in [6.45, 7) is 6.76. The van der Waals surface area contributed by atoms with Crippen molar-refractivity contribution in [1.82, 2.24) is 19.8 Å². The van der Waals surface area contributed by atoms with E-state index in [2.05, 4.69) is 51.0 Å². The van der Waals surface area contributed by atoms with Gasteiger partial charge in [-0.05, 0) is 50.3 Å². The molecule has 0 N–H and O–H groups in total. The van der Waals surface area contributed by atoms with E-state index in [1.54, 1.807) is 0 Å². The Labute approximate surface area is 180 Å². The molecule has 2 aromatic rings. The zero-order chi connectivity index (χ0) is 20.8.